The second kappa shape index (κ2) is 9.70. The van der Waals surface area contributed by atoms with E-state index in [0.717, 1.165) is 38.4 Å². The third-order valence-corrected chi connectivity index (χ3v) is 6.85. The van der Waals surface area contributed by atoms with Crippen molar-refractivity contribution in [1.82, 2.24) is 19.2 Å². The summed E-state index contributed by atoms with van der Waals surface area (Å²) in [5.41, 5.74) is 1.64. The van der Waals surface area contributed by atoms with Crippen LogP contribution in [0.3, 0.4) is 0 Å². The number of amides is 1. The summed E-state index contributed by atoms with van der Waals surface area (Å²) < 4.78 is 7.43. The summed E-state index contributed by atoms with van der Waals surface area (Å²) in [6, 6.07) is 3.70. The smallest absolute Gasteiger partial charge is 0.267 e. The summed E-state index contributed by atoms with van der Waals surface area (Å²) in [5.74, 6) is 0.301. The van der Waals surface area contributed by atoms with Gasteiger partial charge in [0.05, 0.1) is 23.7 Å². The molecule has 0 atom stereocenters. The Hall–Kier alpha value is -2.27. The lowest BCUT2D eigenvalue weighted by Crippen LogP contribution is -2.39. The van der Waals surface area contributed by atoms with E-state index in [0.29, 0.717) is 32.8 Å². The van der Waals surface area contributed by atoms with Crippen molar-refractivity contribution >= 4 is 51.7 Å². The molecule has 2 saturated heterocycles. The summed E-state index contributed by atoms with van der Waals surface area (Å²) in [6.45, 7) is 10.4. The van der Waals surface area contributed by atoms with Gasteiger partial charge in [0.1, 0.15) is 15.8 Å². The second-order valence-electron chi connectivity index (χ2n) is 8.09. The van der Waals surface area contributed by atoms with Crippen molar-refractivity contribution in [3.63, 3.8) is 0 Å². The van der Waals surface area contributed by atoms with Crippen molar-refractivity contribution in [2.45, 2.75) is 26.8 Å². The topological polar surface area (TPSA) is 79.2 Å². The van der Waals surface area contributed by atoms with Crippen LogP contribution in [0.2, 0.25) is 0 Å². The lowest BCUT2D eigenvalue weighted by atomic mass is 10.2. The van der Waals surface area contributed by atoms with Crippen LogP contribution in [-0.2, 0) is 9.53 Å². The highest BCUT2D eigenvalue weighted by molar-refractivity contribution is 8.26. The van der Waals surface area contributed by atoms with E-state index in [1.54, 1.807) is 17.2 Å². The number of nitrogens with one attached hydrogen (secondary N) is 1. The fourth-order valence-corrected chi connectivity index (χ4v) is 5.30. The number of thiocarbonyl (C=S) groups is 1. The molecule has 170 valence electrons. The normalized spacial score (nSPS) is 19.0. The van der Waals surface area contributed by atoms with Gasteiger partial charge in [-0.1, -0.05) is 30.0 Å². The molecule has 0 unspecified atom stereocenters. The number of ether oxygens (including phenoxy) is 1. The lowest BCUT2D eigenvalue weighted by Gasteiger charge is -2.26. The van der Waals surface area contributed by atoms with Crippen molar-refractivity contribution in [3.8, 4) is 0 Å². The number of pyridine rings is 1. The van der Waals surface area contributed by atoms with Crippen LogP contribution < -0.4 is 10.9 Å². The van der Waals surface area contributed by atoms with Gasteiger partial charge in [0.15, 0.2) is 0 Å². The minimum Gasteiger partial charge on any atom is -0.379 e. The fourth-order valence-electron chi connectivity index (χ4n) is 3.79. The van der Waals surface area contributed by atoms with Crippen LogP contribution in [0.25, 0.3) is 11.7 Å². The van der Waals surface area contributed by atoms with Gasteiger partial charge in [-0.2, -0.15) is 0 Å². The van der Waals surface area contributed by atoms with Crippen molar-refractivity contribution in [2.75, 3.05) is 44.7 Å². The molecule has 0 aromatic carbocycles. The largest absolute Gasteiger partial charge is 0.379 e. The standard InChI is InChI=1S/C22H27N5O3S2/c1-14(2)27-21(29)17(32-22(27)31)13-16-18(23-6-8-25-9-11-30-12-10-25)24-19-15(3)5-4-7-26(19)20(16)28/h4-5,7,13-14,23H,6,8-12H2,1-3H3/b17-13+. The summed E-state index contributed by atoms with van der Waals surface area (Å²) in [6.07, 6.45) is 3.33. The van der Waals surface area contributed by atoms with Gasteiger partial charge in [-0.25, -0.2) is 4.98 Å². The molecule has 10 heteroatoms. The first-order chi connectivity index (χ1) is 15.4. The number of hydrogen-bond donors (Lipinski definition) is 1. The predicted octanol–water partition coefficient (Wildman–Crippen LogP) is 2.36. The molecule has 1 N–H and O–H groups in total. The van der Waals surface area contributed by atoms with E-state index >= 15 is 0 Å². The number of nitrogens with zero attached hydrogens (tertiary/aromatic N) is 4. The Bertz CT molecular complexity index is 1140. The molecule has 2 aliphatic rings. The minimum atomic E-state index is -0.220. The Morgan fingerprint density at radius 1 is 1.31 bits per heavy atom. The van der Waals surface area contributed by atoms with Gasteiger partial charge >= 0.3 is 0 Å². The minimum absolute atomic E-state index is 0.0435. The summed E-state index contributed by atoms with van der Waals surface area (Å²) in [7, 11) is 0. The number of hydrogen-bond acceptors (Lipinski definition) is 8. The van der Waals surface area contributed by atoms with E-state index in [1.165, 1.54) is 16.2 Å². The van der Waals surface area contributed by atoms with Gasteiger partial charge in [0.2, 0.25) is 0 Å². The van der Waals surface area contributed by atoms with Gasteiger partial charge in [-0.3, -0.25) is 23.8 Å². The third-order valence-electron chi connectivity index (χ3n) is 5.52. The number of rotatable bonds is 6. The molecule has 2 aromatic heterocycles. The van der Waals surface area contributed by atoms with E-state index in [-0.39, 0.29) is 17.5 Å². The number of thioether (sulfide) groups is 1. The van der Waals surface area contributed by atoms with Crippen LogP contribution in [0.15, 0.2) is 28.0 Å². The van der Waals surface area contributed by atoms with Crippen LogP contribution in [0.1, 0.15) is 25.0 Å². The van der Waals surface area contributed by atoms with Gasteiger partial charge in [0, 0.05) is 38.4 Å². The van der Waals surface area contributed by atoms with Gasteiger partial charge < -0.3 is 10.1 Å². The van der Waals surface area contributed by atoms with Crippen LogP contribution in [0.4, 0.5) is 5.82 Å². The van der Waals surface area contributed by atoms with Crippen molar-refractivity contribution in [3.05, 3.63) is 44.7 Å². The first kappa shape index (κ1) is 22.9. The van der Waals surface area contributed by atoms with E-state index in [1.807, 2.05) is 32.9 Å². The van der Waals surface area contributed by atoms with Gasteiger partial charge in [-0.15, -0.1) is 0 Å². The molecule has 4 rings (SSSR count). The summed E-state index contributed by atoms with van der Waals surface area (Å²) in [5, 5.41) is 3.34. The van der Waals surface area contributed by atoms with E-state index < -0.39 is 0 Å². The van der Waals surface area contributed by atoms with Gasteiger partial charge in [-0.05, 0) is 38.5 Å². The highest BCUT2D eigenvalue weighted by atomic mass is 32.2. The number of fused-ring (bicyclic) bond motifs is 1. The van der Waals surface area contributed by atoms with Crippen LogP contribution in [0, 0.1) is 6.92 Å². The fraction of sp³-hybridized carbons (Fsp3) is 0.455. The molecule has 0 aliphatic carbocycles. The molecule has 0 radical (unpaired) electrons. The molecule has 0 bridgehead atoms. The average molecular weight is 474 g/mol. The monoisotopic (exact) mass is 473 g/mol. The lowest BCUT2D eigenvalue weighted by molar-refractivity contribution is -0.123. The zero-order chi connectivity index (χ0) is 22.8. The number of carbonyl (C=O) groups is 1. The van der Waals surface area contributed by atoms with Crippen molar-refractivity contribution < 1.29 is 9.53 Å². The molecule has 32 heavy (non-hydrogen) atoms. The number of aryl methyl sites for hydroxylation is 1. The highest BCUT2D eigenvalue weighted by Crippen LogP contribution is 2.34. The number of aromatic nitrogens is 2. The zero-order valence-electron chi connectivity index (χ0n) is 18.5. The molecule has 2 aliphatic heterocycles. The Morgan fingerprint density at radius 3 is 2.75 bits per heavy atom. The Kier molecular flexibility index (Phi) is 6.94. The van der Waals surface area contributed by atoms with Crippen LogP contribution >= 0.6 is 24.0 Å². The van der Waals surface area contributed by atoms with Crippen LogP contribution in [-0.4, -0.2) is 74.8 Å². The second-order valence-corrected chi connectivity index (χ2v) is 9.77. The molecular weight excluding hydrogens is 446 g/mol. The van der Waals surface area contributed by atoms with Gasteiger partial charge in [0.25, 0.3) is 11.5 Å². The average Bonchev–Trinajstić information content (AvgIpc) is 3.05. The highest BCUT2D eigenvalue weighted by Gasteiger charge is 2.34. The SMILES string of the molecule is Cc1cccn2c(=O)c(/C=C3/SC(=S)N(C(C)C)C3=O)c(NCCN3CCOCC3)nc12. The molecule has 2 aromatic rings. The van der Waals surface area contributed by atoms with Crippen LogP contribution in [0.5, 0.6) is 0 Å². The van der Waals surface area contributed by atoms with Crippen molar-refractivity contribution in [2.24, 2.45) is 0 Å². The molecule has 0 spiro atoms. The maximum atomic E-state index is 13.4. The quantitative estimate of drug-likeness (QED) is 0.506. The third kappa shape index (κ3) is 4.59. The maximum absolute atomic E-state index is 13.4. The Balaban J connectivity index is 1.70. The molecular formula is C22H27N5O3S2. The molecule has 1 amide bonds. The van der Waals surface area contributed by atoms with E-state index in [9.17, 15) is 9.59 Å². The molecule has 8 nitrogen and oxygen atoms in total. The number of carbonyl (C=O) groups excluding carboxylic acids is 1. The Labute approximate surface area is 196 Å². The molecule has 0 saturated carbocycles. The van der Waals surface area contributed by atoms with E-state index in [2.05, 4.69) is 10.2 Å². The Morgan fingerprint density at radius 2 is 2.06 bits per heavy atom. The first-order valence-corrected chi connectivity index (χ1v) is 11.9. The number of anilines is 1. The molecule has 2 fully saturated rings. The maximum Gasteiger partial charge on any atom is 0.267 e. The first-order valence-electron chi connectivity index (χ1n) is 10.7. The molecule has 4 heterocycles. The zero-order valence-corrected chi connectivity index (χ0v) is 20.1. The number of morpholine rings is 1. The summed E-state index contributed by atoms with van der Waals surface area (Å²) in [4.78, 5) is 35.4. The van der Waals surface area contributed by atoms with Crippen molar-refractivity contribution in [1.29, 1.82) is 0 Å². The van der Waals surface area contributed by atoms with E-state index in [4.69, 9.17) is 21.9 Å². The summed E-state index contributed by atoms with van der Waals surface area (Å²) >= 11 is 6.61. The predicted molar refractivity (Wildman–Crippen MR) is 132 cm³/mol.